The Bertz CT molecular complexity index is 838. The molecule has 0 atom stereocenters. The van der Waals surface area contributed by atoms with Crippen LogP contribution in [0.25, 0.3) is 28.0 Å². The molecule has 4 rings (SSSR count). The van der Waals surface area contributed by atoms with E-state index in [1.807, 2.05) is 0 Å². The monoisotopic (exact) mass is 256 g/mol. The number of rotatable bonds is 1. The lowest BCUT2D eigenvalue weighted by molar-refractivity contribution is 1.29. The molecule has 0 aliphatic heterocycles. The summed E-state index contributed by atoms with van der Waals surface area (Å²) < 4.78 is 0. The van der Waals surface area contributed by atoms with Gasteiger partial charge in [-0.2, -0.15) is 0 Å². The van der Waals surface area contributed by atoms with Gasteiger partial charge in [-0.3, -0.25) is 0 Å². The van der Waals surface area contributed by atoms with Crippen LogP contribution in [0.1, 0.15) is 16.7 Å². The van der Waals surface area contributed by atoms with E-state index in [1.54, 1.807) is 0 Å². The first-order chi connectivity index (χ1) is 9.83. The maximum absolute atomic E-state index is 2.31. The third-order valence-corrected chi connectivity index (χ3v) is 4.20. The topological polar surface area (TPSA) is 0 Å². The molecule has 0 saturated carbocycles. The molecule has 0 unspecified atom stereocenters. The van der Waals surface area contributed by atoms with Crippen LogP contribution >= 0.6 is 0 Å². The molecule has 0 spiro atoms. The average molecular weight is 256 g/mol. The van der Waals surface area contributed by atoms with Gasteiger partial charge in [0.2, 0.25) is 0 Å². The summed E-state index contributed by atoms with van der Waals surface area (Å²) in [7, 11) is 0. The average Bonchev–Trinajstić information content (AvgIpc) is 2.95. The molecule has 3 aromatic carbocycles. The fraction of sp³-hybridized carbons (Fsp3) is 0.100. The van der Waals surface area contributed by atoms with Crippen LogP contribution in [0.15, 0.2) is 60.7 Å². The highest BCUT2D eigenvalue weighted by molar-refractivity contribution is 5.90. The van der Waals surface area contributed by atoms with Crippen molar-refractivity contribution in [2.24, 2.45) is 0 Å². The number of allylic oxidation sites excluding steroid dienone is 1. The van der Waals surface area contributed by atoms with E-state index in [-0.39, 0.29) is 0 Å². The van der Waals surface area contributed by atoms with Gasteiger partial charge in [-0.15, -0.1) is 0 Å². The van der Waals surface area contributed by atoms with Gasteiger partial charge >= 0.3 is 0 Å². The molecule has 1 aliphatic carbocycles. The van der Waals surface area contributed by atoms with Crippen molar-refractivity contribution in [3.8, 4) is 11.1 Å². The number of hydrogen-bond acceptors (Lipinski definition) is 0. The van der Waals surface area contributed by atoms with Gasteiger partial charge in [-0.1, -0.05) is 60.7 Å². The molecule has 1 aliphatic rings. The quantitative estimate of drug-likeness (QED) is 0.548. The third kappa shape index (κ3) is 1.69. The van der Waals surface area contributed by atoms with Crippen molar-refractivity contribution in [2.45, 2.75) is 13.3 Å². The van der Waals surface area contributed by atoms with Crippen LogP contribution in [0.2, 0.25) is 0 Å². The number of fused-ring (bicyclic) bond motifs is 2. The first-order valence-electron chi connectivity index (χ1n) is 7.11. The molecule has 96 valence electrons. The zero-order chi connectivity index (χ0) is 13.5. The molecular formula is C20H16. The van der Waals surface area contributed by atoms with Crippen LogP contribution in [-0.4, -0.2) is 0 Å². The summed E-state index contributed by atoms with van der Waals surface area (Å²) in [6.45, 7) is 2.21. The molecule has 3 aromatic rings. The highest BCUT2D eigenvalue weighted by Crippen LogP contribution is 2.35. The standard InChI is InChI=1S/C20H16/c1-14-9-10-16-7-4-8-19(16)20(14)18-12-11-15-5-2-3-6-17(15)13-18/h2-6,8-13H,7H2,1H3. The van der Waals surface area contributed by atoms with E-state index in [0.717, 1.165) is 6.42 Å². The third-order valence-electron chi connectivity index (χ3n) is 4.20. The Balaban J connectivity index is 2.00. The maximum Gasteiger partial charge on any atom is -0.00791 e. The lowest BCUT2D eigenvalue weighted by Gasteiger charge is -2.13. The van der Waals surface area contributed by atoms with Crippen molar-refractivity contribution >= 4 is 16.8 Å². The van der Waals surface area contributed by atoms with E-state index in [1.165, 1.54) is 38.6 Å². The number of hydrogen-bond donors (Lipinski definition) is 0. The second kappa shape index (κ2) is 4.35. The second-order valence-electron chi connectivity index (χ2n) is 5.50. The molecule has 0 fully saturated rings. The van der Waals surface area contributed by atoms with Crippen molar-refractivity contribution in [3.05, 3.63) is 77.4 Å². The van der Waals surface area contributed by atoms with Crippen LogP contribution in [-0.2, 0) is 6.42 Å². The highest BCUT2D eigenvalue weighted by Gasteiger charge is 2.13. The molecule has 20 heavy (non-hydrogen) atoms. The molecular weight excluding hydrogens is 240 g/mol. The zero-order valence-corrected chi connectivity index (χ0v) is 11.6. The summed E-state index contributed by atoms with van der Waals surface area (Å²) in [6.07, 6.45) is 5.59. The number of benzene rings is 3. The van der Waals surface area contributed by atoms with E-state index >= 15 is 0 Å². The van der Waals surface area contributed by atoms with E-state index in [0.29, 0.717) is 0 Å². The van der Waals surface area contributed by atoms with Gasteiger partial charge in [0.1, 0.15) is 0 Å². The maximum atomic E-state index is 2.31. The zero-order valence-electron chi connectivity index (χ0n) is 11.6. The van der Waals surface area contributed by atoms with Crippen molar-refractivity contribution < 1.29 is 0 Å². The van der Waals surface area contributed by atoms with Crippen LogP contribution in [0, 0.1) is 6.92 Å². The summed E-state index contributed by atoms with van der Waals surface area (Å²) in [5.74, 6) is 0. The molecule has 0 radical (unpaired) electrons. The Labute approximate surface area is 119 Å². The van der Waals surface area contributed by atoms with E-state index in [9.17, 15) is 0 Å². The van der Waals surface area contributed by atoms with Crippen molar-refractivity contribution in [3.63, 3.8) is 0 Å². The van der Waals surface area contributed by atoms with Gasteiger partial charge in [-0.05, 0) is 58.0 Å². The lowest BCUT2D eigenvalue weighted by atomic mass is 9.91. The molecule has 0 amide bonds. The normalized spacial score (nSPS) is 12.8. The smallest absolute Gasteiger partial charge is 0.00791 e. The molecule has 0 bridgehead atoms. The minimum Gasteiger partial charge on any atom is -0.0795 e. The van der Waals surface area contributed by atoms with E-state index in [4.69, 9.17) is 0 Å². The van der Waals surface area contributed by atoms with Crippen LogP contribution in [0.5, 0.6) is 0 Å². The number of aryl methyl sites for hydroxylation is 1. The summed E-state index contributed by atoms with van der Waals surface area (Å²) in [5.41, 5.74) is 6.91. The van der Waals surface area contributed by atoms with Gasteiger partial charge in [0, 0.05) is 0 Å². The van der Waals surface area contributed by atoms with E-state index < -0.39 is 0 Å². The van der Waals surface area contributed by atoms with Gasteiger partial charge in [0.05, 0.1) is 0 Å². The highest BCUT2D eigenvalue weighted by atomic mass is 14.2. The first kappa shape index (κ1) is 11.5. The first-order valence-corrected chi connectivity index (χ1v) is 7.11. The summed E-state index contributed by atoms with van der Waals surface area (Å²) in [6, 6.07) is 19.8. The van der Waals surface area contributed by atoms with Crippen LogP contribution < -0.4 is 0 Å². The van der Waals surface area contributed by atoms with Gasteiger partial charge in [0.25, 0.3) is 0 Å². The van der Waals surface area contributed by atoms with E-state index in [2.05, 4.69) is 73.7 Å². The van der Waals surface area contributed by atoms with Crippen LogP contribution in [0.4, 0.5) is 0 Å². The minimum atomic E-state index is 1.07. The van der Waals surface area contributed by atoms with Gasteiger partial charge in [0.15, 0.2) is 0 Å². The van der Waals surface area contributed by atoms with Crippen molar-refractivity contribution in [2.75, 3.05) is 0 Å². The molecule has 0 nitrogen and oxygen atoms in total. The Morgan fingerprint density at radius 3 is 2.60 bits per heavy atom. The fourth-order valence-electron chi connectivity index (χ4n) is 3.17. The predicted molar refractivity (Wildman–Crippen MR) is 86.9 cm³/mol. The van der Waals surface area contributed by atoms with Crippen LogP contribution in [0.3, 0.4) is 0 Å². The van der Waals surface area contributed by atoms with Crippen molar-refractivity contribution in [1.29, 1.82) is 0 Å². The molecule has 0 heterocycles. The van der Waals surface area contributed by atoms with Crippen molar-refractivity contribution in [1.82, 2.24) is 0 Å². The summed E-state index contributed by atoms with van der Waals surface area (Å²) in [4.78, 5) is 0. The van der Waals surface area contributed by atoms with Gasteiger partial charge in [-0.25, -0.2) is 0 Å². The SMILES string of the molecule is Cc1ccc2c(c1-c1ccc3ccccc3c1)C=CC2. The molecule has 0 saturated heterocycles. The summed E-state index contributed by atoms with van der Waals surface area (Å²) in [5, 5.41) is 2.61. The minimum absolute atomic E-state index is 1.07. The van der Waals surface area contributed by atoms with Gasteiger partial charge < -0.3 is 0 Å². The Kier molecular flexibility index (Phi) is 2.50. The molecule has 0 N–H and O–H groups in total. The summed E-state index contributed by atoms with van der Waals surface area (Å²) >= 11 is 0. The second-order valence-corrected chi connectivity index (χ2v) is 5.50. The largest absolute Gasteiger partial charge is 0.0795 e. The predicted octanol–water partition coefficient (Wildman–Crippen LogP) is 5.38. The lowest BCUT2D eigenvalue weighted by Crippen LogP contribution is -1.91. The fourth-order valence-corrected chi connectivity index (χ4v) is 3.17. The Hall–Kier alpha value is -2.34. The molecule has 0 aromatic heterocycles. The Morgan fingerprint density at radius 2 is 1.70 bits per heavy atom. The Morgan fingerprint density at radius 1 is 0.850 bits per heavy atom. The molecule has 0 heteroatoms.